The maximum Gasteiger partial charge on any atom is 0.433 e. The fourth-order valence-electron chi connectivity index (χ4n) is 2.49. The molecule has 0 bridgehead atoms. The molecule has 0 spiro atoms. The molecule has 4 heterocycles. The standard InChI is InChI=1S/C17H12F3N7O2/c1-9-7-14(29-26-9)25-16(28)10-8-21-27-6-5-13(24-15(10)27)23-12-4-2-3-11(22-12)17(18,19)20/h2-8H,1H3,(H,25,28)(H,22,23,24). The second-order valence-corrected chi connectivity index (χ2v) is 5.96. The van der Waals surface area contributed by atoms with Gasteiger partial charge in [-0.1, -0.05) is 11.2 Å². The van der Waals surface area contributed by atoms with Crippen molar-refractivity contribution in [2.45, 2.75) is 13.1 Å². The molecule has 4 aromatic heterocycles. The lowest BCUT2D eigenvalue weighted by Crippen LogP contribution is -2.12. The topological polar surface area (TPSA) is 110 Å². The minimum atomic E-state index is -4.56. The van der Waals surface area contributed by atoms with Gasteiger partial charge in [0.1, 0.15) is 22.9 Å². The van der Waals surface area contributed by atoms with Crippen LogP contribution in [0.3, 0.4) is 0 Å². The second kappa shape index (κ2) is 6.89. The quantitative estimate of drug-likeness (QED) is 0.537. The Bertz CT molecular complexity index is 1200. The number of hydrogen-bond donors (Lipinski definition) is 2. The average Bonchev–Trinajstić information content (AvgIpc) is 3.27. The molecular weight excluding hydrogens is 391 g/mol. The summed E-state index contributed by atoms with van der Waals surface area (Å²) in [6.45, 7) is 1.70. The van der Waals surface area contributed by atoms with Crippen LogP contribution in [0, 0.1) is 6.92 Å². The molecule has 0 unspecified atom stereocenters. The summed E-state index contributed by atoms with van der Waals surface area (Å²) < 4.78 is 44.8. The van der Waals surface area contributed by atoms with Gasteiger partial charge < -0.3 is 9.84 Å². The molecule has 9 nitrogen and oxygen atoms in total. The van der Waals surface area contributed by atoms with Crippen LogP contribution in [0.5, 0.6) is 0 Å². The highest BCUT2D eigenvalue weighted by Crippen LogP contribution is 2.28. The van der Waals surface area contributed by atoms with E-state index in [9.17, 15) is 18.0 Å². The normalized spacial score (nSPS) is 11.6. The van der Waals surface area contributed by atoms with Gasteiger partial charge in [-0.15, -0.1) is 0 Å². The summed E-state index contributed by atoms with van der Waals surface area (Å²) in [5.74, 6) is -0.221. The Morgan fingerprint density at radius 3 is 2.69 bits per heavy atom. The Hall–Kier alpha value is -3.96. The number of nitrogens with one attached hydrogen (secondary N) is 2. The van der Waals surface area contributed by atoms with Crippen LogP contribution in [0.15, 0.2) is 47.2 Å². The molecule has 29 heavy (non-hydrogen) atoms. The third-order valence-corrected chi connectivity index (χ3v) is 3.77. The number of carbonyl (C=O) groups excluding carboxylic acids is 1. The minimum absolute atomic E-state index is 0.0423. The van der Waals surface area contributed by atoms with E-state index in [4.69, 9.17) is 4.52 Å². The molecule has 0 radical (unpaired) electrons. The number of rotatable bonds is 4. The number of alkyl halides is 3. The van der Waals surface area contributed by atoms with Gasteiger partial charge >= 0.3 is 6.18 Å². The van der Waals surface area contributed by atoms with E-state index in [0.717, 1.165) is 6.07 Å². The first-order chi connectivity index (χ1) is 13.8. The number of nitrogens with zero attached hydrogens (tertiary/aromatic N) is 5. The minimum Gasteiger partial charge on any atom is -0.338 e. The first-order valence-corrected chi connectivity index (χ1v) is 8.20. The third-order valence-electron chi connectivity index (χ3n) is 3.77. The molecule has 0 saturated carbocycles. The summed E-state index contributed by atoms with van der Waals surface area (Å²) in [7, 11) is 0. The number of fused-ring (bicyclic) bond motifs is 1. The fourth-order valence-corrected chi connectivity index (χ4v) is 2.49. The van der Waals surface area contributed by atoms with Crippen molar-refractivity contribution in [1.29, 1.82) is 0 Å². The van der Waals surface area contributed by atoms with E-state index in [2.05, 4.69) is 30.9 Å². The van der Waals surface area contributed by atoms with Gasteiger partial charge in [-0.25, -0.2) is 14.5 Å². The summed E-state index contributed by atoms with van der Waals surface area (Å²) >= 11 is 0. The van der Waals surface area contributed by atoms with Gasteiger partial charge in [-0.05, 0) is 25.1 Å². The first kappa shape index (κ1) is 18.4. The SMILES string of the molecule is Cc1cc(NC(=O)c2cnn3ccc(Nc4cccc(C(F)(F)F)n4)nc23)on1. The van der Waals surface area contributed by atoms with Gasteiger partial charge in [0, 0.05) is 12.3 Å². The van der Waals surface area contributed by atoms with E-state index in [-0.39, 0.29) is 28.7 Å². The number of hydrogen-bond acceptors (Lipinski definition) is 7. The van der Waals surface area contributed by atoms with Crippen LogP contribution in [-0.2, 0) is 6.18 Å². The van der Waals surface area contributed by atoms with Crippen LogP contribution in [0.4, 0.5) is 30.7 Å². The molecule has 0 aliphatic carbocycles. The molecular formula is C17H12F3N7O2. The van der Waals surface area contributed by atoms with E-state index in [1.807, 2.05) is 0 Å². The zero-order valence-electron chi connectivity index (χ0n) is 14.7. The van der Waals surface area contributed by atoms with Gasteiger partial charge in [0.25, 0.3) is 5.91 Å². The molecule has 0 saturated heterocycles. The predicted molar refractivity (Wildman–Crippen MR) is 94.7 cm³/mol. The Morgan fingerprint density at radius 1 is 1.17 bits per heavy atom. The monoisotopic (exact) mass is 403 g/mol. The van der Waals surface area contributed by atoms with E-state index in [1.165, 1.54) is 35.1 Å². The van der Waals surface area contributed by atoms with Crippen LogP contribution in [-0.4, -0.2) is 30.6 Å². The zero-order chi connectivity index (χ0) is 20.6. The van der Waals surface area contributed by atoms with Crippen molar-refractivity contribution < 1.29 is 22.5 Å². The number of pyridine rings is 1. The molecule has 1 amide bonds. The predicted octanol–water partition coefficient (Wildman–Crippen LogP) is 3.44. The average molecular weight is 403 g/mol. The molecule has 4 rings (SSSR count). The van der Waals surface area contributed by atoms with Gasteiger partial charge in [-0.2, -0.15) is 18.3 Å². The highest BCUT2D eigenvalue weighted by molar-refractivity contribution is 6.07. The van der Waals surface area contributed by atoms with Crippen molar-refractivity contribution in [3.05, 3.63) is 59.7 Å². The lowest BCUT2D eigenvalue weighted by molar-refractivity contribution is -0.141. The summed E-state index contributed by atoms with van der Waals surface area (Å²) in [5.41, 5.74) is -0.107. The van der Waals surface area contributed by atoms with Gasteiger partial charge in [0.05, 0.1) is 11.9 Å². The van der Waals surface area contributed by atoms with Crippen molar-refractivity contribution in [3.63, 3.8) is 0 Å². The molecule has 0 fully saturated rings. The maximum absolute atomic E-state index is 12.8. The highest BCUT2D eigenvalue weighted by atomic mass is 19.4. The van der Waals surface area contributed by atoms with Crippen molar-refractivity contribution in [2.24, 2.45) is 0 Å². The number of anilines is 3. The number of amides is 1. The van der Waals surface area contributed by atoms with Crippen LogP contribution in [0.25, 0.3) is 5.65 Å². The number of aryl methyl sites for hydroxylation is 1. The Labute approximate surface area is 160 Å². The lowest BCUT2D eigenvalue weighted by Gasteiger charge is -2.09. The van der Waals surface area contributed by atoms with Crippen molar-refractivity contribution in [2.75, 3.05) is 10.6 Å². The smallest absolute Gasteiger partial charge is 0.338 e. The van der Waals surface area contributed by atoms with E-state index >= 15 is 0 Å². The first-order valence-electron chi connectivity index (χ1n) is 8.20. The molecule has 0 aliphatic heterocycles. The number of halogens is 3. The van der Waals surface area contributed by atoms with E-state index in [1.54, 1.807) is 13.0 Å². The maximum atomic E-state index is 12.8. The third kappa shape index (κ3) is 3.85. The van der Waals surface area contributed by atoms with E-state index in [0.29, 0.717) is 5.69 Å². The van der Waals surface area contributed by atoms with Gasteiger partial charge in [-0.3, -0.25) is 10.1 Å². The van der Waals surface area contributed by atoms with Crippen molar-refractivity contribution in [1.82, 2.24) is 24.7 Å². The molecule has 4 aromatic rings. The molecule has 148 valence electrons. The summed E-state index contributed by atoms with van der Waals surface area (Å²) in [6, 6.07) is 6.50. The van der Waals surface area contributed by atoms with Gasteiger partial charge in [0.15, 0.2) is 5.65 Å². The van der Waals surface area contributed by atoms with Crippen LogP contribution in [0.2, 0.25) is 0 Å². The Morgan fingerprint density at radius 2 is 1.97 bits per heavy atom. The zero-order valence-corrected chi connectivity index (χ0v) is 14.7. The lowest BCUT2D eigenvalue weighted by atomic mass is 10.3. The Kier molecular flexibility index (Phi) is 4.37. The number of aromatic nitrogens is 5. The molecule has 12 heteroatoms. The van der Waals surface area contributed by atoms with Crippen molar-refractivity contribution in [3.8, 4) is 0 Å². The highest BCUT2D eigenvalue weighted by Gasteiger charge is 2.32. The summed E-state index contributed by atoms with van der Waals surface area (Å²) in [4.78, 5) is 20.2. The molecule has 0 aliphatic rings. The number of carbonyl (C=O) groups is 1. The second-order valence-electron chi connectivity index (χ2n) is 5.96. The molecule has 0 aromatic carbocycles. The van der Waals surface area contributed by atoms with E-state index < -0.39 is 17.8 Å². The Balaban J connectivity index is 1.61. The molecule has 2 N–H and O–H groups in total. The van der Waals surface area contributed by atoms with Crippen LogP contribution >= 0.6 is 0 Å². The van der Waals surface area contributed by atoms with Crippen molar-refractivity contribution >= 4 is 29.1 Å². The fraction of sp³-hybridized carbons (Fsp3) is 0.118. The van der Waals surface area contributed by atoms with Crippen LogP contribution < -0.4 is 10.6 Å². The summed E-state index contributed by atoms with van der Waals surface area (Å²) in [5, 5.41) is 12.9. The summed E-state index contributed by atoms with van der Waals surface area (Å²) in [6.07, 6.45) is -1.74. The van der Waals surface area contributed by atoms with Gasteiger partial charge in [0.2, 0.25) is 5.88 Å². The largest absolute Gasteiger partial charge is 0.433 e. The van der Waals surface area contributed by atoms with Crippen LogP contribution in [0.1, 0.15) is 21.7 Å². The molecule has 0 atom stereocenters.